The van der Waals surface area contributed by atoms with Gasteiger partial charge < -0.3 is 9.72 Å². The lowest BCUT2D eigenvalue weighted by atomic mass is 10.1. The molecule has 0 spiro atoms. The summed E-state index contributed by atoms with van der Waals surface area (Å²) in [6, 6.07) is 17.2. The zero-order valence-corrected chi connectivity index (χ0v) is 11.2. The van der Waals surface area contributed by atoms with E-state index in [-0.39, 0.29) is 5.56 Å². The summed E-state index contributed by atoms with van der Waals surface area (Å²) in [5, 5.41) is 1.01. The number of aromatic nitrogens is 1. The summed E-state index contributed by atoms with van der Waals surface area (Å²) in [6.07, 6.45) is 0. The van der Waals surface area contributed by atoms with Gasteiger partial charge in [0.15, 0.2) is 0 Å². The molecule has 0 unspecified atom stereocenters. The van der Waals surface area contributed by atoms with Gasteiger partial charge in [0.05, 0.1) is 5.52 Å². The third kappa shape index (κ3) is 2.43. The van der Waals surface area contributed by atoms with Crippen LogP contribution in [0.25, 0.3) is 10.9 Å². The predicted octanol–water partition coefficient (Wildman–Crippen LogP) is 3.42. The van der Waals surface area contributed by atoms with Crippen LogP contribution in [0.5, 0.6) is 5.75 Å². The van der Waals surface area contributed by atoms with Gasteiger partial charge in [-0.15, -0.1) is 0 Å². The molecule has 0 aliphatic carbocycles. The van der Waals surface area contributed by atoms with E-state index in [1.165, 1.54) is 6.07 Å². The van der Waals surface area contributed by atoms with E-state index in [4.69, 9.17) is 4.74 Å². The predicted molar refractivity (Wildman–Crippen MR) is 80.1 cm³/mol. The summed E-state index contributed by atoms with van der Waals surface area (Å²) >= 11 is 0. The lowest BCUT2D eigenvalue weighted by Crippen LogP contribution is -2.05. The highest BCUT2D eigenvalue weighted by atomic mass is 16.5. The van der Waals surface area contributed by atoms with Crippen LogP contribution in [0, 0.1) is 6.92 Å². The van der Waals surface area contributed by atoms with Crippen molar-refractivity contribution in [1.82, 2.24) is 4.98 Å². The number of pyridine rings is 1. The van der Waals surface area contributed by atoms with Gasteiger partial charge in [0.2, 0.25) is 5.56 Å². The van der Waals surface area contributed by atoms with Crippen molar-refractivity contribution in [3.05, 3.63) is 76.1 Å². The highest BCUT2D eigenvalue weighted by molar-refractivity contribution is 5.87. The number of aryl methyl sites for hydroxylation is 1. The number of H-pyrrole nitrogens is 1. The van der Waals surface area contributed by atoms with Crippen LogP contribution in [0.3, 0.4) is 0 Å². The second kappa shape index (κ2) is 5.21. The Bertz CT molecular complexity index is 791. The lowest BCUT2D eigenvalue weighted by molar-refractivity contribution is 0.309. The number of nitrogens with one attached hydrogen (secondary N) is 1. The van der Waals surface area contributed by atoms with Gasteiger partial charge in [-0.05, 0) is 30.2 Å². The largest absolute Gasteiger partial charge is 0.487 e. The Morgan fingerprint density at radius 3 is 2.60 bits per heavy atom. The molecule has 0 bridgehead atoms. The van der Waals surface area contributed by atoms with Crippen molar-refractivity contribution in [2.75, 3.05) is 0 Å². The van der Waals surface area contributed by atoms with Crippen molar-refractivity contribution < 1.29 is 4.74 Å². The Morgan fingerprint density at radius 1 is 1.00 bits per heavy atom. The second-order valence-electron chi connectivity index (χ2n) is 4.77. The SMILES string of the molecule is Cc1ccc(OCc2ccccc2)c2[nH]c(=O)ccc12. The number of hydrogen-bond donors (Lipinski definition) is 1. The van der Waals surface area contributed by atoms with Gasteiger partial charge in [-0.1, -0.05) is 36.4 Å². The average molecular weight is 265 g/mol. The molecule has 0 saturated carbocycles. The van der Waals surface area contributed by atoms with Gasteiger partial charge in [-0.2, -0.15) is 0 Å². The van der Waals surface area contributed by atoms with Crippen molar-refractivity contribution in [3.8, 4) is 5.75 Å². The standard InChI is InChI=1S/C17H15NO2/c1-12-7-9-15(17-14(12)8-10-16(19)18-17)20-11-13-5-3-2-4-6-13/h2-10H,11H2,1H3,(H,18,19). The molecule has 20 heavy (non-hydrogen) atoms. The molecule has 0 atom stereocenters. The highest BCUT2D eigenvalue weighted by Crippen LogP contribution is 2.26. The van der Waals surface area contributed by atoms with Crippen molar-refractivity contribution in [3.63, 3.8) is 0 Å². The van der Waals surface area contributed by atoms with E-state index in [9.17, 15) is 4.79 Å². The molecule has 100 valence electrons. The van der Waals surface area contributed by atoms with E-state index in [1.54, 1.807) is 0 Å². The number of hydrogen-bond acceptors (Lipinski definition) is 2. The molecule has 0 fully saturated rings. The van der Waals surface area contributed by atoms with E-state index in [1.807, 2.05) is 55.5 Å². The average Bonchev–Trinajstić information content (AvgIpc) is 2.47. The van der Waals surface area contributed by atoms with Gasteiger partial charge >= 0.3 is 0 Å². The zero-order valence-electron chi connectivity index (χ0n) is 11.2. The first-order valence-corrected chi connectivity index (χ1v) is 6.53. The fourth-order valence-corrected chi connectivity index (χ4v) is 2.23. The van der Waals surface area contributed by atoms with Crippen molar-refractivity contribution in [2.24, 2.45) is 0 Å². The first-order chi connectivity index (χ1) is 9.74. The maximum absolute atomic E-state index is 11.5. The summed E-state index contributed by atoms with van der Waals surface area (Å²) in [5.41, 5.74) is 2.85. The molecule has 0 amide bonds. The van der Waals surface area contributed by atoms with E-state index in [0.717, 1.165) is 22.0 Å². The van der Waals surface area contributed by atoms with Crippen LogP contribution in [-0.2, 0) is 6.61 Å². The molecule has 3 rings (SSSR count). The summed E-state index contributed by atoms with van der Waals surface area (Å²) < 4.78 is 5.85. The van der Waals surface area contributed by atoms with Gasteiger partial charge in [0, 0.05) is 11.5 Å². The van der Waals surface area contributed by atoms with Crippen molar-refractivity contribution >= 4 is 10.9 Å². The third-order valence-electron chi connectivity index (χ3n) is 3.31. The Hall–Kier alpha value is -2.55. The number of ether oxygens (including phenoxy) is 1. The normalized spacial score (nSPS) is 10.7. The van der Waals surface area contributed by atoms with Crippen molar-refractivity contribution in [1.29, 1.82) is 0 Å². The van der Waals surface area contributed by atoms with Crippen LogP contribution in [-0.4, -0.2) is 4.98 Å². The molecular formula is C17H15NO2. The quantitative estimate of drug-likeness (QED) is 0.788. The number of rotatable bonds is 3. The first-order valence-electron chi connectivity index (χ1n) is 6.53. The summed E-state index contributed by atoms with van der Waals surface area (Å²) in [4.78, 5) is 14.4. The number of aromatic amines is 1. The first kappa shape index (κ1) is 12.5. The molecule has 3 nitrogen and oxygen atoms in total. The summed E-state index contributed by atoms with van der Waals surface area (Å²) in [7, 11) is 0. The highest BCUT2D eigenvalue weighted by Gasteiger charge is 2.06. The van der Waals surface area contributed by atoms with Gasteiger partial charge in [-0.3, -0.25) is 4.79 Å². The molecule has 3 heteroatoms. The molecule has 0 aliphatic heterocycles. The Labute approximate surface area is 116 Å². The van der Waals surface area contributed by atoms with Gasteiger partial charge in [0.1, 0.15) is 12.4 Å². The van der Waals surface area contributed by atoms with E-state index in [0.29, 0.717) is 12.4 Å². The Balaban J connectivity index is 1.97. The lowest BCUT2D eigenvalue weighted by Gasteiger charge is -2.10. The molecule has 3 aromatic rings. The summed E-state index contributed by atoms with van der Waals surface area (Å²) in [6.45, 7) is 2.50. The fourth-order valence-electron chi connectivity index (χ4n) is 2.23. The maximum Gasteiger partial charge on any atom is 0.248 e. The van der Waals surface area contributed by atoms with Crippen LogP contribution >= 0.6 is 0 Å². The number of fused-ring (bicyclic) bond motifs is 1. The van der Waals surface area contributed by atoms with Crippen LogP contribution < -0.4 is 10.3 Å². The smallest absolute Gasteiger partial charge is 0.248 e. The Morgan fingerprint density at radius 2 is 1.80 bits per heavy atom. The Kier molecular flexibility index (Phi) is 3.25. The van der Waals surface area contributed by atoms with Crippen LogP contribution in [0.4, 0.5) is 0 Å². The zero-order chi connectivity index (χ0) is 13.9. The molecule has 0 aliphatic rings. The van der Waals surface area contributed by atoms with Crippen LogP contribution in [0.1, 0.15) is 11.1 Å². The summed E-state index contributed by atoms with van der Waals surface area (Å²) in [5.74, 6) is 0.701. The minimum atomic E-state index is -0.118. The van der Waals surface area contributed by atoms with Gasteiger partial charge in [-0.25, -0.2) is 0 Å². The molecule has 1 aromatic heterocycles. The monoisotopic (exact) mass is 265 g/mol. The molecule has 0 radical (unpaired) electrons. The van der Waals surface area contributed by atoms with Crippen molar-refractivity contribution in [2.45, 2.75) is 13.5 Å². The maximum atomic E-state index is 11.5. The molecule has 0 saturated heterocycles. The minimum absolute atomic E-state index is 0.118. The molecule has 2 aromatic carbocycles. The van der Waals surface area contributed by atoms with E-state index in [2.05, 4.69) is 4.98 Å². The second-order valence-corrected chi connectivity index (χ2v) is 4.77. The molecule has 1 heterocycles. The van der Waals surface area contributed by atoms with E-state index >= 15 is 0 Å². The third-order valence-corrected chi connectivity index (χ3v) is 3.31. The fraction of sp³-hybridized carbons (Fsp3) is 0.118. The topological polar surface area (TPSA) is 42.1 Å². The van der Waals surface area contributed by atoms with Crippen LogP contribution in [0.2, 0.25) is 0 Å². The number of benzene rings is 2. The molecule has 1 N–H and O–H groups in total. The van der Waals surface area contributed by atoms with Crippen LogP contribution in [0.15, 0.2) is 59.4 Å². The minimum Gasteiger partial charge on any atom is -0.487 e. The van der Waals surface area contributed by atoms with Gasteiger partial charge in [0.25, 0.3) is 0 Å². The van der Waals surface area contributed by atoms with E-state index < -0.39 is 0 Å². The molecular weight excluding hydrogens is 250 g/mol.